The van der Waals surface area contributed by atoms with E-state index in [1.54, 1.807) is 0 Å². The molecule has 1 amide bonds. The summed E-state index contributed by atoms with van der Waals surface area (Å²) in [5.74, 6) is 0.258. The summed E-state index contributed by atoms with van der Waals surface area (Å²) in [6.45, 7) is 4.56. The van der Waals surface area contributed by atoms with Gasteiger partial charge in [0.15, 0.2) is 5.78 Å². The number of Topliss-reactive ketones (excluding diaryl/α,β-unsaturated/α-hetero) is 1. The second-order valence-corrected chi connectivity index (χ2v) is 5.74. The molecular formula is C16H29NO3. The summed E-state index contributed by atoms with van der Waals surface area (Å²) < 4.78 is 4.83. The van der Waals surface area contributed by atoms with Gasteiger partial charge in [-0.3, -0.25) is 4.79 Å². The molecule has 1 aliphatic rings. The summed E-state index contributed by atoms with van der Waals surface area (Å²) in [4.78, 5) is 23.5. The van der Waals surface area contributed by atoms with Crippen LogP contribution in [-0.4, -0.2) is 24.5 Å². The zero-order valence-electron chi connectivity index (χ0n) is 13.0. The minimum Gasteiger partial charge on any atom is -0.447 e. The normalized spacial score (nSPS) is 19.5. The number of amides is 1. The predicted octanol–water partition coefficient (Wildman–Crippen LogP) is 3.83. The van der Waals surface area contributed by atoms with Crippen molar-refractivity contribution in [3.05, 3.63) is 0 Å². The highest BCUT2D eigenvalue weighted by Crippen LogP contribution is 2.21. The standard InChI is InChI=1S/C16H29NO3/c1-3-5-7-9-11-13(10-8-6-4-2)15(18)14-12-20-16(19)17-14/h13-14H,3-12H2,1-2H3,(H,17,19)/t13?,14-/m1/s1. The summed E-state index contributed by atoms with van der Waals surface area (Å²) in [7, 11) is 0. The molecule has 0 aromatic carbocycles. The van der Waals surface area contributed by atoms with Crippen LogP contribution >= 0.6 is 0 Å². The van der Waals surface area contributed by atoms with Gasteiger partial charge in [0.05, 0.1) is 0 Å². The molecule has 1 N–H and O–H groups in total. The van der Waals surface area contributed by atoms with Crippen molar-refractivity contribution in [2.45, 2.75) is 77.7 Å². The maximum atomic E-state index is 12.5. The molecule has 4 heteroatoms. The molecule has 0 aliphatic carbocycles. The van der Waals surface area contributed by atoms with E-state index in [0.717, 1.165) is 25.7 Å². The van der Waals surface area contributed by atoms with Crippen molar-refractivity contribution >= 4 is 11.9 Å². The Morgan fingerprint density at radius 3 is 2.30 bits per heavy atom. The van der Waals surface area contributed by atoms with Gasteiger partial charge in [0.2, 0.25) is 0 Å². The van der Waals surface area contributed by atoms with Crippen LogP contribution in [0.1, 0.15) is 71.6 Å². The third kappa shape index (κ3) is 5.93. The fraction of sp³-hybridized carbons (Fsp3) is 0.875. The van der Waals surface area contributed by atoms with E-state index in [-0.39, 0.29) is 18.3 Å². The van der Waals surface area contributed by atoms with Crippen molar-refractivity contribution in [2.24, 2.45) is 5.92 Å². The summed E-state index contributed by atoms with van der Waals surface area (Å²) in [5, 5.41) is 2.62. The minimum absolute atomic E-state index is 0.0883. The van der Waals surface area contributed by atoms with Crippen molar-refractivity contribution in [1.29, 1.82) is 0 Å². The van der Waals surface area contributed by atoms with Crippen molar-refractivity contribution in [2.75, 3.05) is 6.61 Å². The third-order valence-corrected chi connectivity index (χ3v) is 3.98. The van der Waals surface area contributed by atoms with Gasteiger partial charge in [-0.15, -0.1) is 0 Å². The Morgan fingerprint density at radius 2 is 1.75 bits per heavy atom. The van der Waals surface area contributed by atoms with Crippen LogP contribution in [0, 0.1) is 5.92 Å². The summed E-state index contributed by atoms with van der Waals surface area (Å²) in [6, 6.07) is -0.416. The topological polar surface area (TPSA) is 55.4 Å². The van der Waals surface area contributed by atoms with Crippen LogP contribution in [0.4, 0.5) is 4.79 Å². The first-order valence-corrected chi connectivity index (χ1v) is 8.16. The lowest BCUT2D eigenvalue weighted by Crippen LogP contribution is -2.38. The Labute approximate surface area is 122 Å². The molecule has 1 heterocycles. The number of rotatable bonds is 11. The Balaban J connectivity index is 2.42. The lowest BCUT2D eigenvalue weighted by molar-refractivity contribution is -0.125. The number of hydrogen-bond acceptors (Lipinski definition) is 3. The molecule has 1 fully saturated rings. The largest absolute Gasteiger partial charge is 0.447 e. The van der Waals surface area contributed by atoms with Crippen LogP contribution in [-0.2, 0) is 9.53 Å². The van der Waals surface area contributed by atoms with Crippen molar-refractivity contribution in [1.82, 2.24) is 5.32 Å². The maximum absolute atomic E-state index is 12.5. The maximum Gasteiger partial charge on any atom is 0.407 e. The Hall–Kier alpha value is -1.06. The number of alkyl carbamates (subject to hydrolysis) is 1. The van der Waals surface area contributed by atoms with E-state index in [1.165, 1.54) is 32.1 Å². The quantitative estimate of drug-likeness (QED) is 0.586. The van der Waals surface area contributed by atoms with Crippen LogP contribution < -0.4 is 5.32 Å². The molecule has 1 saturated heterocycles. The van der Waals surface area contributed by atoms with Gasteiger partial charge >= 0.3 is 6.09 Å². The Kier molecular flexibility index (Phi) is 8.31. The summed E-state index contributed by atoms with van der Waals surface area (Å²) in [6.07, 6.45) is 9.63. The van der Waals surface area contributed by atoms with Gasteiger partial charge in [-0.05, 0) is 12.8 Å². The molecular weight excluding hydrogens is 254 g/mol. The van der Waals surface area contributed by atoms with E-state index in [2.05, 4.69) is 19.2 Å². The van der Waals surface area contributed by atoms with E-state index in [4.69, 9.17) is 4.74 Å². The predicted molar refractivity (Wildman–Crippen MR) is 79.7 cm³/mol. The average Bonchev–Trinajstić information content (AvgIpc) is 2.87. The molecule has 116 valence electrons. The van der Waals surface area contributed by atoms with Gasteiger partial charge in [0, 0.05) is 5.92 Å². The summed E-state index contributed by atoms with van der Waals surface area (Å²) in [5.41, 5.74) is 0. The van der Waals surface area contributed by atoms with E-state index < -0.39 is 12.1 Å². The zero-order chi connectivity index (χ0) is 14.8. The van der Waals surface area contributed by atoms with Crippen LogP contribution in [0.3, 0.4) is 0 Å². The fourth-order valence-electron chi connectivity index (χ4n) is 2.71. The summed E-state index contributed by atoms with van der Waals surface area (Å²) >= 11 is 0. The highest BCUT2D eigenvalue weighted by molar-refractivity contribution is 5.91. The Bertz CT molecular complexity index is 304. The smallest absolute Gasteiger partial charge is 0.407 e. The zero-order valence-corrected chi connectivity index (χ0v) is 13.0. The van der Waals surface area contributed by atoms with E-state index in [9.17, 15) is 9.59 Å². The highest BCUT2D eigenvalue weighted by Gasteiger charge is 2.32. The number of ketones is 1. The van der Waals surface area contributed by atoms with Gasteiger partial charge < -0.3 is 10.1 Å². The second kappa shape index (κ2) is 9.78. The van der Waals surface area contributed by atoms with E-state index in [1.807, 2.05) is 0 Å². The van der Waals surface area contributed by atoms with Crippen molar-refractivity contribution < 1.29 is 14.3 Å². The number of cyclic esters (lactones) is 1. The lowest BCUT2D eigenvalue weighted by Gasteiger charge is -2.18. The first-order chi connectivity index (χ1) is 9.69. The van der Waals surface area contributed by atoms with E-state index >= 15 is 0 Å². The molecule has 0 aromatic rings. The van der Waals surface area contributed by atoms with Crippen molar-refractivity contribution in [3.8, 4) is 0 Å². The Morgan fingerprint density at radius 1 is 1.15 bits per heavy atom. The number of nitrogens with one attached hydrogen (secondary N) is 1. The number of ether oxygens (including phenoxy) is 1. The van der Waals surface area contributed by atoms with Gasteiger partial charge in [0.25, 0.3) is 0 Å². The fourth-order valence-corrected chi connectivity index (χ4v) is 2.71. The molecule has 0 saturated carbocycles. The number of carbonyl (C=O) groups is 2. The van der Waals surface area contributed by atoms with Crippen LogP contribution in [0.15, 0.2) is 0 Å². The molecule has 0 spiro atoms. The lowest BCUT2D eigenvalue weighted by atomic mass is 9.88. The first-order valence-electron chi connectivity index (χ1n) is 8.16. The van der Waals surface area contributed by atoms with E-state index in [0.29, 0.717) is 0 Å². The van der Waals surface area contributed by atoms with Gasteiger partial charge in [-0.25, -0.2) is 4.79 Å². The van der Waals surface area contributed by atoms with Crippen LogP contribution in [0.2, 0.25) is 0 Å². The molecule has 0 bridgehead atoms. The van der Waals surface area contributed by atoms with Crippen molar-refractivity contribution in [3.63, 3.8) is 0 Å². The minimum atomic E-state index is -0.457. The van der Waals surface area contributed by atoms with Gasteiger partial charge in [-0.1, -0.05) is 58.8 Å². The molecule has 20 heavy (non-hydrogen) atoms. The molecule has 0 aromatic heterocycles. The number of unbranched alkanes of at least 4 members (excludes halogenated alkanes) is 5. The second-order valence-electron chi connectivity index (χ2n) is 5.74. The molecule has 1 aliphatic heterocycles. The van der Waals surface area contributed by atoms with Gasteiger partial charge in [0.1, 0.15) is 12.6 Å². The first kappa shape index (κ1) is 17.0. The molecule has 2 atom stereocenters. The molecule has 0 radical (unpaired) electrons. The monoisotopic (exact) mass is 283 g/mol. The molecule has 4 nitrogen and oxygen atoms in total. The third-order valence-electron chi connectivity index (χ3n) is 3.98. The molecule has 1 rings (SSSR count). The number of hydrogen-bond donors (Lipinski definition) is 1. The number of carbonyl (C=O) groups excluding carboxylic acids is 2. The molecule has 1 unspecified atom stereocenters. The van der Waals surface area contributed by atoms with Crippen LogP contribution in [0.25, 0.3) is 0 Å². The van der Waals surface area contributed by atoms with Gasteiger partial charge in [-0.2, -0.15) is 0 Å². The average molecular weight is 283 g/mol. The highest BCUT2D eigenvalue weighted by atomic mass is 16.6. The SMILES string of the molecule is CCCCCCC(CCCCC)C(=O)[C@H]1COC(=O)N1. The van der Waals surface area contributed by atoms with Crippen LogP contribution in [0.5, 0.6) is 0 Å².